The molecule has 252 valence electrons. The highest BCUT2D eigenvalue weighted by atomic mass is 16.5. The summed E-state index contributed by atoms with van der Waals surface area (Å²) in [6.45, 7) is 9.47. The van der Waals surface area contributed by atoms with Crippen molar-refractivity contribution >= 4 is 35.2 Å². The quantitative estimate of drug-likeness (QED) is 0.370. The molecule has 12 heteroatoms. The Bertz CT molecular complexity index is 1620. The summed E-state index contributed by atoms with van der Waals surface area (Å²) in [5, 5.41) is 5.79. The van der Waals surface area contributed by atoms with Crippen molar-refractivity contribution in [1.29, 1.82) is 0 Å². The lowest BCUT2D eigenvalue weighted by molar-refractivity contribution is 0.0299. The van der Waals surface area contributed by atoms with Gasteiger partial charge in [-0.05, 0) is 101 Å². The summed E-state index contributed by atoms with van der Waals surface area (Å²) in [6, 6.07) is 15.8. The van der Waals surface area contributed by atoms with E-state index in [2.05, 4.69) is 39.2 Å². The number of amides is 3. The van der Waals surface area contributed by atoms with Crippen LogP contribution in [-0.2, 0) is 4.74 Å². The van der Waals surface area contributed by atoms with Crippen molar-refractivity contribution in [3.8, 4) is 11.4 Å². The standard InChI is InChI=1S/C36H45N9O3/c1-23-3-4-24(2)45(23)35-40-32(39-34(41-35)44-21-30-15-16-31(22-44)48-30)25-5-9-27(10-6-25)37-36(47)38-28-11-7-26(8-12-28)33(46)43-19-17-42(18-20-43)29-13-14-29/h5-12,23-24,29-31H,3-4,13-22H2,1-2H3,(H2,37,38,47). The third-order valence-corrected chi connectivity index (χ3v) is 10.6. The van der Waals surface area contributed by atoms with Crippen LogP contribution < -0.4 is 20.4 Å². The van der Waals surface area contributed by atoms with Gasteiger partial charge in [0.15, 0.2) is 5.82 Å². The zero-order chi connectivity index (χ0) is 32.8. The Morgan fingerprint density at radius 2 is 1.29 bits per heavy atom. The number of benzene rings is 2. The number of fused-ring (bicyclic) bond motifs is 2. The lowest BCUT2D eigenvalue weighted by Gasteiger charge is -2.34. The number of hydrogen-bond acceptors (Lipinski definition) is 9. The number of morpholine rings is 1. The number of anilines is 4. The van der Waals surface area contributed by atoms with E-state index in [4.69, 9.17) is 19.7 Å². The molecule has 2 bridgehead atoms. The van der Waals surface area contributed by atoms with Crippen LogP contribution in [0.2, 0.25) is 0 Å². The fourth-order valence-corrected chi connectivity index (χ4v) is 7.71. The number of carbonyl (C=O) groups is 2. The lowest BCUT2D eigenvalue weighted by Crippen LogP contribution is -2.49. The molecule has 2 N–H and O–H groups in total. The minimum absolute atomic E-state index is 0.0421. The number of hydrogen-bond donors (Lipinski definition) is 2. The highest BCUT2D eigenvalue weighted by molar-refractivity contribution is 6.00. The summed E-state index contributed by atoms with van der Waals surface area (Å²) in [4.78, 5) is 49.8. The first-order chi connectivity index (χ1) is 23.4. The molecule has 12 nitrogen and oxygen atoms in total. The summed E-state index contributed by atoms with van der Waals surface area (Å²) in [7, 11) is 0. The van der Waals surface area contributed by atoms with E-state index in [1.165, 1.54) is 12.8 Å². The van der Waals surface area contributed by atoms with E-state index in [0.717, 1.165) is 82.5 Å². The Morgan fingerprint density at radius 1 is 0.708 bits per heavy atom. The van der Waals surface area contributed by atoms with Gasteiger partial charge in [0.05, 0.1) is 12.2 Å². The Labute approximate surface area is 281 Å². The number of nitrogens with zero attached hydrogens (tertiary/aromatic N) is 7. The maximum Gasteiger partial charge on any atom is 0.323 e. The molecule has 5 aliphatic rings. The Kier molecular flexibility index (Phi) is 8.37. The van der Waals surface area contributed by atoms with Crippen molar-refractivity contribution in [2.75, 3.05) is 59.7 Å². The van der Waals surface area contributed by atoms with E-state index in [1.54, 1.807) is 24.3 Å². The van der Waals surface area contributed by atoms with Crippen molar-refractivity contribution in [2.24, 2.45) is 0 Å². The molecular formula is C36H45N9O3. The first-order valence-corrected chi connectivity index (χ1v) is 17.6. The minimum atomic E-state index is -0.360. The summed E-state index contributed by atoms with van der Waals surface area (Å²) in [5.41, 5.74) is 2.76. The highest BCUT2D eigenvalue weighted by Crippen LogP contribution is 2.33. The first kappa shape index (κ1) is 31.0. The van der Waals surface area contributed by atoms with Crippen LogP contribution in [0.5, 0.6) is 0 Å². The van der Waals surface area contributed by atoms with Crippen molar-refractivity contribution < 1.29 is 14.3 Å². The number of piperazine rings is 1. The van der Waals surface area contributed by atoms with Gasteiger partial charge in [0.2, 0.25) is 11.9 Å². The first-order valence-electron chi connectivity index (χ1n) is 17.6. The third-order valence-electron chi connectivity index (χ3n) is 10.6. The number of rotatable bonds is 7. The van der Waals surface area contributed by atoms with Crippen molar-refractivity contribution in [3.05, 3.63) is 54.1 Å². The fourth-order valence-electron chi connectivity index (χ4n) is 7.71. The van der Waals surface area contributed by atoms with Gasteiger partial charge in [0, 0.05) is 79.9 Å². The van der Waals surface area contributed by atoms with Gasteiger partial charge in [-0.3, -0.25) is 9.69 Å². The molecule has 5 fully saturated rings. The Morgan fingerprint density at radius 3 is 1.90 bits per heavy atom. The number of aromatic nitrogens is 3. The average molecular weight is 652 g/mol. The molecule has 8 rings (SSSR count). The van der Waals surface area contributed by atoms with Gasteiger partial charge in [-0.15, -0.1) is 0 Å². The van der Waals surface area contributed by atoms with E-state index in [0.29, 0.717) is 40.8 Å². The van der Waals surface area contributed by atoms with E-state index in [9.17, 15) is 9.59 Å². The topological polar surface area (TPSA) is 119 Å². The lowest BCUT2D eigenvalue weighted by atomic mass is 10.1. The second kappa shape index (κ2) is 13.0. The van der Waals surface area contributed by atoms with Crippen LogP contribution in [-0.4, -0.2) is 106 Å². The summed E-state index contributed by atoms with van der Waals surface area (Å²) in [5.74, 6) is 2.08. The second-order valence-corrected chi connectivity index (χ2v) is 14.1. The third kappa shape index (κ3) is 6.55. The maximum absolute atomic E-state index is 13.0. The zero-order valence-electron chi connectivity index (χ0n) is 27.8. The molecule has 1 aromatic heterocycles. The van der Waals surface area contributed by atoms with Crippen LogP contribution in [0.4, 0.5) is 28.1 Å². The van der Waals surface area contributed by atoms with E-state index < -0.39 is 0 Å². The monoisotopic (exact) mass is 651 g/mol. The fraction of sp³-hybridized carbons (Fsp3) is 0.528. The second-order valence-electron chi connectivity index (χ2n) is 14.1. The molecule has 4 saturated heterocycles. The molecule has 4 unspecified atom stereocenters. The highest BCUT2D eigenvalue weighted by Gasteiger charge is 2.37. The Hall–Kier alpha value is -4.29. The van der Waals surface area contributed by atoms with Crippen LogP contribution in [0.1, 0.15) is 62.7 Å². The predicted molar refractivity (Wildman–Crippen MR) is 186 cm³/mol. The molecule has 4 aliphatic heterocycles. The van der Waals surface area contributed by atoms with Gasteiger partial charge in [0.25, 0.3) is 5.91 Å². The average Bonchev–Trinajstić information content (AvgIpc) is 3.83. The van der Waals surface area contributed by atoms with Gasteiger partial charge in [-0.25, -0.2) is 4.79 Å². The number of nitrogens with one attached hydrogen (secondary N) is 2. The van der Waals surface area contributed by atoms with Crippen LogP contribution in [0.3, 0.4) is 0 Å². The molecule has 0 radical (unpaired) electrons. The van der Waals surface area contributed by atoms with Crippen molar-refractivity contribution in [1.82, 2.24) is 24.8 Å². The van der Waals surface area contributed by atoms with Gasteiger partial charge < -0.3 is 30.1 Å². The van der Waals surface area contributed by atoms with Crippen LogP contribution in [0.25, 0.3) is 11.4 Å². The van der Waals surface area contributed by atoms with E-state index >= 15 is 0 Å². The van der Waals surface area contributed by atoms with Crippen molar-refractivity contribution in [3.63, 3.8) is 0 Å². The minimum Gasteiger partial charge on any atom is -0.371 e. The van der Waals surface area contributed by atoms with Crippen LogP contribution >= 0.6 is 0 Å². The Balaban J connectivity index is 0.919. The number of carbonyl (C=O) groups excluding carboxylic acids is 2. The van der Waals surface area contributed by atoms with Gasteiger partial charge in [-0.1, -0.05) is 0 Å². The molecule has 48 heavy (non-hydrogen) atoms. The summed E-state index contributed by atoms with van der Waals surface area (Å²) < 4.78 is 6.08. The largest absolute Gasteiger partial charge is 0.371 e. The molecular weight excluding hydrogens is 606 g/mol. The molecule has 2 aromatic carbocycles. The molecule has 1 aliphatic carbocycles. The van der Waals surface area contributed by atoms with Gasteiger partial charge in [-0.2, -0.15) is 15.0 Å². The smallest absolute Gasteiger partial charge is 0.323 e. The SMILES string of the molecule is CC1CCC(C)N1c1nc(-c2ccc(NC(=O)Nc3ccc(C(=O)N4CCN(C5CC5)CC4)cc3)cc2)nc(N2CC3CCC(C2)O3)n1. The normalized spacial score (nSPS) is 25.8. The molecule has 1 saturated carbocycles. The van der Waals surface area contributed by atoms with E-state index in [-0.39, 0.29) is 24.1 Å². The van der Waals surface area contributed by atoms with Gasteiger partial charge >= 0.3 is 6.03 Å². The molecule has 3 amide bonds. The van der Waals surface area contributed by atoms with Crippen LogP contribution in [0, 0.1) is 0 Å². The predicted octanol–water partition coefficient (Wildman–Crippen LogP) is 4.85. The zero-order valence-corrected chi connectivity index (χ0v) is 27.8. The molecule has 5 heterocycles. The number of urea groups is 1. The molecule has 4 atom stereocenters. The van der Waals surface area contributed by atoms with E-state index in [1.807, 2.05) is 29.2 Å². The summed E-state index contributed by atoms with van der Waals surface area (Å²) in [6.07, 6.45) is 7.42. The van der Waals surface area contributed by atoms with Crippen LogP contribution in [0.15, 0.2) is 48.5 Å². The summed E-state index contributed by atoms with van der Waals surface area (Å²) >= 11 is 0. The van der Waals surface area contributed by atoms with Crippen molar-refractivity contribution in [2.45, 2.75) is 82.7 Å². The number of ether oxygens (including phenoxy) is 1. The van der Waals surface area contributed by atoms with Gasteiger partial charge in [0.1, 0.15) is 0 Å². The maximum atomic E-state index is 13.0. The molecule has 0 spiro atoms. The molecule has 3 aromatic rings.